The molecule has 4 nitrogen and oxygen atoms in total. The fourth-order valence-corrected chi connectivity index (χ4v) is 2.21. The van der Waals surface area contributed by atoms with E-state index in [4.69, 9.17) is 0 Å². The summed E-state index contributed by atoms with van der Waals surface area (Å²) in [6, 6.07) is 15.5. The highest BCUT2D eigenvalue weighted by Crippen LogP contribution is 2.31. The Balaban J connectivity index is 2.45. The van der Waals surface area contributed by atoms with Gasteiger partial charge in [0.15, 0.2) is 5.54 Å². The van der Waals surface area contributed by atoms with Crippen LogP contribution in [0.4, 0.5) is 5.69 Å². The predicted molar refractivity (Wildman–Crippen MR) is 77.8 cm³/mol. The molecule has 2 aromatic rings. The van der Waals surface area contributed by atoms with E-state index in [2.05, 4.69) is 5.32 Å². The second-order valence-corrected chi connectivity index (χ2v) is 4.60. The maximum absolute atomic E-state index is 11.8. The molecule has 0 bridgehead atoms. The molecule has 0 spiro atoms. The van der Waals surface area contributed by atoms with Gasteiger partial charge >= 0.3 is 5.97 Å². The van der Waals surface area contributed by atoms with Crippen LogP contribution in [0.3, 0.4) is 0 Å². The monoisotopic (exact) mass is 271 g/mol. The van der Waals surface area contributed by atoms with Crippen LogP contribution in [0.15, 0.2) is 54.6 Å². The molecule has 4 heteroatoms. The number of phenols is 1. The van der Waals surface area contributed by atoms with Crippen molar-refractivity contribution in [3.63, 3.8) is 0 Å². The van der Waals surface area contributed by atoms with Crippen LogP contribution < -0.4 is 5.32 Å². The van der Waals surface area contributed by atoms with Crippen molar-refractivity contribution in [2.45, 2.75) is 18.9 Å². The topological polar surface area (TPSA) is 69.6 Å². The van der Waals surface area contributed by atoms with E-state index in [-0.39, 0.29) is 5.75 Å². The van der Waals surface area contributed by atoms with Crippen molar-refractivity contribution >= 4 is 11.7 Å². The highest BCUT2D eigenvalue weighted by molar-refractivity contribution is 5.84. The standard InChI is InChI=1S/C16H17NO3/c1-2-16(15(19)20,12-8-10-14(18)11-9-12)17-13-6-4-3-5-7-13/h3-11,17-18H,2H2,1H3,(H,19,20). The second-order valence-electron chi connectivity index (χ2n) is 4.60. The Labute approximate surface area is 117 Å². The van der Waals surface area contributed by atoms with Crippen molar-refractivity contribution < 1.29 is 15.0 Å². The van der Waals surface area contributed by atoms with Gasteiger partial charge in [0, 0.05) is 5.69 Å². The third kappa shape index (κ3) is 2.59. The van der Waals surface area contributed by atoms with Gasteiger partial charge in [0.25, 0.3) is 0 Å². The third-order valence-electron chi connectivity index (χ3n) is 3.39. The quantitative estimate of drug-likeness (QED) is 0.781. The van der Waals surface area contributed by atoms with Gasteiger partial charge in [-0.05, 0) is 36.2 Å². The highest BCUT2D eigenvalue weighted by Gasteiger charge is 2.38. The Bertz CT molecular complexity index is 580. The molecular weight excluding hydrogens is 254 g/mol. The van der Waals surface area contributed by atoms with Crippen LogP contribution in [-0.2, 0) is 10.3 Å². The smallest absolute Gasteiger partial charge is 0.334 e. The van der Waals surface area contributed by atoms with Crippen molar-refractivity contribution in [1.82, 2.24) is 0 Å². The molecule has 0 radical (unpaired) electrons. The lowest BCUT2D eigenvalue weighted by Crippen LogP contribution is -2.42. The molecule has 20 heavy (non-hydrogen) atoms. The Morgan fingerprint density at radius 2 is 1.70 bits per heavy atom. The Hall–Kier alpha value is -2.49. The van der Waals surface area contributed by atoms with Gasteiger partial charge in [-0.2, -0.15) is 0 Å². The number of aromatic hydroxyl groups is 1. The van der Waals surface area contributed by atoms with Gasteiger partial charge in [-0.25, -0.2) is 4.79 Å². The van der Waals surface area contributed by atoms with Crippen LogP contribution in [0.25, 0.3) is 0 Å². The van der Waals surface area contributed by atoms with Gasteiger partial charge in [-0.15, -0.1) is 0 Å². The van der Waals surface area contributed by atoms with Crippen molar-refractivity contribution in [2.75, 3.05) is 5.32 Å². The minimum atomic E-state index is -1.21. The summed E-state index contributed by atoms with van der Waals surface area (Å²) in [5.74, 6) is -0.835. The number of nitrogens with one attached hydrogen (secondary N) is 1. The zero-order chi connectivity index (χ0) is 14.6. The first-order chi connectivity index (χ1) is 9.58. The zero-order valence-electron chi connectivity index (χ0n) is 11.2. The minimum Gasteiger partial charge on any atom is -0.508 e. The largest absolute Gasteiger partial charge is 0.508 e. The summed E-state index contributed by atoms with van der Waals surface area (Å²) in [6.45, 7) is 1.82. The molecular formula is C16H17NO3. The van der Waals surface area contributed by atoms with Crippen molar-refractivity contribution in [3.05, 3.63) is 60.2 Å². The van der Waals surface area contributed by atoms with Crippen LogP contribution in [0.1, 0.15) is 18.9 Å². The van der Waals surface area contributed by atoms with Gasteiger partial charge in [-0.1, -0.05) is 37.3 Å². The van der Waals surface area contributed by atoms with E-state index in [0.717, 1.165) is 5.69 Å². The van der Waals surface area contributed by atoms with Crippen LogP contribution >= 0.6 is 0 Å². The van der Waals surface area contributed by atoms with Crippen LogP contribution in [0.2, 0.25) is 0 Å². The second kappa shape index (κ2) is 5.65. The average Bonchev–Trinajstić information content (AvgIpc) is 2.46. The van der Waals surface area contributed by atoms with Crippen molar-refractivity contribution in [1.29, 1.82) is 0 Å². The summed E-state index contributed by atoms with van der Waals surface area (Å²) in [6.07, 6.45) is 0.377. The number of anilines is 1. The van der Waals surface area contributed by atoms with Crippen molar-refractivity contribution in [2.24, 2.45) is 0 Å². The number of carboxylic acids is 1. The molecule has 0 amide bonds. The van der Waals surface area contributed by atoms with E-state index in [9.17, 15) is 15.0 Å². The number of rotatable bonds is 5. The highest BCUT2D eigenvalue weighted by atomic mass is 16.4. The fraction of sp³-hybridized carbons (Fsp3) is 0.188. The third-order valence-corrected chi connectivity index (χ3v) is 3.39. The number of aliphatic carboxylic acids is 1. The van der Waals surface area contributed by atoms with Crippen LogP contribution in [-0.4, -0.2) is 16.2 Å². The number of hydrogen-bond donors (Lipinski definition) is 3. The van der Waals surface area contributed by atoms with E-state index in [1.807, 2.05) is 37.3 Å². The maximum atomic E-state index is 11.8. The molecule has 2 aromatic carbocycles. The van der Waals surface area contributed by atoms with E-state index in [1.54, 1.807) is 12.1 Å². The van der Waals surface area contributed by atoms with Crippen LogP contribution in [0, 0.1) is 0 Å². The molecule has 0 aliphatic rings. The lowest BCUT2D eigenvalue weighted by molar-refractivity contribution is -0.142. The zero-order valence-corrected chi connectivity index (χ0v) is 11.2. The van der Waals surface area contributed by atoms with E-state index in [0.29, 0.717) is 12.0 Å². The summed E-state index contributed by atoms with van der Waals surface area (Å²) < 4.78 is 0. The SMILES string of the molecule is CCC(Nc1ccccc1)(C(=O)O)c1ccc(O)cc1. The molecule has 0 aromatic heterocycles. The molecule has 104 valence electrons. The lowest BCUT2D eigenvalue weighted by atomic mass is 9.86. The number of carboxylic acid groups (broad SMARTS) is 1. The summed E-state index contributed by atoms with van der Waals surface area (Å²) >= 11 is 0. The number of carbonyl (C=O) groups is 1. The number of para-hydroxylation sites is 1. The molecule has 3 N–H and O–H groups in total. The molecule has 0 saturated carbocycles. The van der Waals surface area contributed by atoms with Gasteiger partial charge in [0.1, 0.15) is 5.75 Å². The summed E-state index contributed by atoms with van der Waals surface area (Å²) in [4.78, 5) is 11.8. The van der Waals surface area contributed by atoms with Crippen molar-refractivity contribution in [3.8, 4) is 5.75 Å². The molecule has 2 rings (SSSR count). The maximum Gasteiger partial charge on any atom is 0.334 e. The molecule has 0 saturated heterocycles. The van der Waals surface area contributed by atoms with E-state index < -0.39 is 11.5 Å². The average molecular weight is 271 g/mol. The number of benzene rings is 2. The number of phenolic OH excluding ortho intramolecular Hbond substituents is 1. The molecule has 0 heterocycles. The lowest BCUT2D eigenvalue weighted by Gasteiger charge is -2.31. The molecule has 1 atom stereocenters. The van der Waals surface area contributed by atoms with Crippen LogP contribution in [0.5, 0.6) is 5.75 Å². The summed E-state index contributed by atoms with van der Waals surface area (Å²) in [5.41, 5.74) is 0.133. The van der Waals surface area contributed by atoms with E-state index >= 15 is 0 Å². The van der Waals surface area contributed by atoms with Gasteiger partial charge in [0.2, 0.25) is 0 Å². The number of hydrogen-bond acceptors (Lipinski definition) is 3. The first-order valence-corrected chi connectivity index (χ1v) is 6.44. The van der Waals surface area contributed by atoms with E-state index in [1.165, 1.54) is 12.1 Å². The van der Waals surface area contributed by atoms with Gasteiger partial charge in [-0.3, -0.25) is 0 Å². The molecule has 0 fully saturated rings. The minimum absolute atomic E-state index is 0.115. The fourth-order valence-electron chi connectivity index (χ4n) is 2.21. The Morgan fingerprint density at radius 3 is 2.20 bits per heavy atom. The van der Waals surface area contributed by atoms with Gasteiger partial charge < -0.3 is 15.5 Å². The first-order valence-electron chi connectivity index (χ1n) is 6.44. The summed E-state index contributed by atoms with van der Waals surface area (Å²) in [7, 11) is 0. The van der Waals surface area contributed by atoms with Gasteiger partial charge in [0.05, 0.1) is 0 Å². The first kappa shape index (κ1) is 13.9. The Kier molecular flexibility index (Phi) is 3.94. The normalized spacial score (nSPS) is 13.4. The molecule has 1 unspecified atom stereocenters. The predicted octanol–water partition coefficient (Wildman–Crippen LogP) is 3.19. The molecule has 0 aliphatic heterocycles. The Morgan fingerprint density at radius 1 is 1.10 bits per heavy atom. The molecule has 0 aliphatic carbocycles. The summed E-state index contributed by atoms with van der Waals surface area (Å²) in [5, 5.41) is 22.1.